The van der Waals surface area contributed by atoms with E-state index in [2.05, 4.69) is 4.99 Å². The molecular weight excluding hydrogens is 544 g/mol. The Labute approximate surface area is 246 Å². The number of nitrogens with zero attached hydrogens (tertiary/aromatic N) is 4. The summed E-state index contributed by atoms with van der Waals surface area (Å²) >= 11 is 1.29. The van der Waals surface area contributed by atoms with Crippen LogP contribution in [0, 0.1) is 0 Å². The van der Waals surface area contributed by atoms with Crippen LogP contribution >= 0.6 is 11.3 Å². The number of rotatable bonds is 7. The van der Waals surface area contributed by atoms with Crippen LogP contribution in [-0.4, -0.2) is 26.9 Å². The second kappa shape index (κ2) is 11.8. The molecule has 5 aromatic rings. The lowest BCUT2D eigenvalue weighted by Crippen LogP contribution is -2.38. The Kier molecular flexibility index (Phi) is 7.62. The average Bonchev–Trinajstić information content (AvgIpc) is 3.58. The lowest BCUT2D eigenvalue weighted by molar-refractivity contribution is -0.139. The lowest BCUT2D eigenvalue weighted by atomic mass is 10.0. The molecule has 1 aliphatic rings. The number of thiazole rings is 1. The molecule has 0 bridgehead atoms. The van der Waals surface area contributed by atoms with E-state index in [-0.39, 0.29) is 12.2 Å². The maximum atomic E-state index is 14.0. The summed E-state index contributed by atoms with van der Waals surface area (Å²) in [5.74, 6) is -0.480. The molecule has 0 spiro atoms. The van der Waals surface area contributed by atoms with Gasteiger partial charge in [-0.15, -0.1) is 0 Å². The normalized spacial score (nSPS) is 15.1. The van der Waals surface area contributed by atoms with Crippen molar-refractivity contribution in [2.75, 3.05) is 6.61 Å². The van der Waals surface area contributed by atoms with Gasteiger partial charge in [-0.3, -0.25) is 9.36 Å². The van der Waals surface area contributed by atoms with Crippen molar-refractivity contribution in [2.45, 2.75) is 19.9 Å². The number of aromatic nitrogens is 3. The van der Waals surface area contributed by atoms with Crippen LogP contribution in [-0.2, 0) is 9.53 Å². The van der Waals surface area contributed by atoms with E-state index in [1.165, 1.54) is 11.3 Å². The molecule has 6 rings (SSSR count). The molecule has 0 amide bonds. The first kappa shape index (κ1) is 27.1. The van der Waals surface area contributed by atoms with Gasteiger partial charge in [0.15, 0.2) is 4.80 Å². The number of hydrogen-bond acceptors (Lipinski definition) is 6. The molecular formula is C34H28N4O3S. The largest absolute Gasteiger partial charge is 0.463 e. The van der Waals surface area contributed by atoms with E-state index in [1.807, 2.05) is 120 Å². The maximum absolute atomic E-state index is 14.0. The highest BCUT2D eigenvalue weighted by atomic mass is 32.1. The average molecular weight is 573 g/mol. The predicted octanol–water partition coefficient (Wildman–Crippen LogP) is 5.32. The first-order valence-corrected chi connectivity index (χ1v) is 14.5. The fourth-order valence-corrected chi connectivity index (χ4v) is 6.00. The Bertz CT molecular complexity index is 1990. The number of hydrogen-bond donors (Lipinski definition) is 0. The van der Waals surface area contributed by atoms with Crippen molar-refractivity contribution < 1.29 is 9.53 Å². The van der Waals surface area contributed by atoms with Crippen LogP contribution in [0.15, 0.2) is 124 Å². The Hall–Kier alpha value is -5.08. The highest BCUT2D eigenvalue weighted by molar-refractivity contribution is 7.07. The topological polar surface area (TPSA) is 78.5 Å². The minimum atomic E-state index is -0.664. The quantitative estimate of drug-likeness (QED) is 0.248. The van der Waals surface area contributed by atoms with E-state index in [1.54, 1.807) is 18.4 Å². The molecule has 0 aliphatic carbocycles. The number of esters is 1. The fraction of sp³-hybridized carbons (Fsp3) is 0.118. The second-order valence-corrected chi connectivity index (χ2v) is 10.7. The third-order valence-corrected chi connectivity index (χ3v) is 7.91. The lowest BCUT2D eigenvalue weighted by Gasteiger charge is -2.21. The number of carbonyl (C=O) groups excluding carboxylic acids is 1. The first-order chi connectivity index (χ1) is 20.5. The highest BCUT2D eigenvalue weighted by Crippen LogP contribution is 2.27. The number of benzene rings is 3. The third-order valence-electron chi connectivity index (χ3n) is 6.93. The van der Waals surface area contributed by atoms with E-state index in [0.717, 1.165) is 28.1 Å². The van der Waals surface area contributed by atoms with Crippen molar-refractivity contribution in [2.24, 2.45) is 4.99 Å². The Morgan fingerprint density at radius 2 is 1.64 bits per heavy atom. The van der Waals surface area contributed by atoms with Crippen molar-refractivity contribution in [3.05, 3.63) is 145 Å². The van der Waals surface area contributed by atoms with E-state index in [0.29, 0.717) is 20.6 Å². The van der Waals surface area contributed by atoms with Gasteiger partial charge in [-0.25, -0.2) is 14.5 Å². The van der Waals surface area contributed by atoms with Crippen LogP contribution < -0.4 is 14.9 Å². The summed E-state index contributed by atoms with van der Waals surface area (Å²) in [4.78, 5) is 32.3. The van der Waals surface area contributed by atoms with Gasteiger partial charge in [0, 0.05) is 17.3 Å². The van der Waals surface area contributed by atoms with Crippen molar-refractivity contribution >= 4 is 29.5 Å². The molecule has 1 atom stereocenters. The van der Waals surface area contributed by atoms with Crippen molar-refractivity contribution in [1.82, 2.24) is 14.3 Å². The van der Waals surface area contributed by atoms with E-state index in [9.17, 15) is 9.59 Å². The highest BCUT2D eigenvalue weighted by Gasteiger charge is 2.30. The minimum absolute atomic E-state index is 0.225. The molecule has 0 saturated heterocycles. The molecule has 0 saturated carbocycles. The SMILES string of the molecule is CCOC(=O)C1=C(C)N=c2s/c(=C\c3cn(-c4ccccc4)nc3-c3ccccc3)c(=O)n2[C@H]1/C=C/c1ccccc1. The van der Waals surface area contributed by atoms with Crippen LogP contribution in [0.25, 0.3) is 29.1 Å². The van der Waals surface area contributed by atoms with Gasteiger partial charge in [-0.2, -0.15) is 5.10 Å². The Morgan fingerprint density at radius 3 is 2.33 bits per heavy atom. The van der Waals surface area contributed by atoms with Gasteiger partial charge >= 0.3 is 5.97 Å². The third kappa shape index (κ3) is 5.32. The summed E-state index contributed by atoms with van der Waals surface area (Å²) in [6.45, 7) is 3.77. The van der Waals surface area contributed by atoms with Gasteiger partial charge in [0.25, 0.3) is 5.56 Å². The van der Waals surface area contributed by atoms with Crippen molar-refractivity contribution in [3.8, 4) is 16.9 Å². The van der Waals surface area contributed by atoms with E-state index in [4.69, 9.17) is 9.84 Å². The first-order valence-electron chi connectivity index (χ1n) is 13.7. The predicted molar refractivity (Wildman–Crippen MR) is 166 cm³/mol. The standard InChI is InChI=1S/C34H28N4O3S/c1-3-41-33(40)30-23(2)35-34-38(28(30)20-19-24-13-7-4-8-14-24)32(39)29(42-34)21-26-22-37(27-17-11-6-12-18-27)36-31(26)25-15-9-5-10-16-25/h4-22,28H,3H2,1-2H3/b20-19+,29-21-/t28-/m0/s1. The molecule has 0 fully saturated rings. The molecule has 208 valence electrons. The van der Waals surface area contributed by atoms with Crippen LogP contribution in [0.1, 0.15) is 31.0 Å². The minimum Gasteiger partial charge on any atom is -0.463 e. The number of carbonyl (C=O) groups is 1. The van der Waals surface area contributed by atoms with Gasteiger partial charge in [0.1, 0.15) is 0 Å². The number of fused-ring (bicyclic) bond motifs is 1. The van der Waals surface area contributed by atoms with Gasteiger partial charge in [-0.1, -0.05) is 102 Å². The maximum Gasteiger partial charge on any atom is 0.338 e. The smallest absolute Gasteiger partial charge is 0.338 e. The molecule has 8 heteroatoms. The zero-order chi connectivity index (χ0) is 29.1. The summed E-state index contributed by atoms with van der Waals surface area (Å²) in [7, 11) is 0. The number of ether oxygens (including phenoxy) is 1. The van der Waals surface area contributed by atoms with Gasteiger partial charge in [0.2, 0.25) is 0 Å². The molecule has 7 nitrogen and oxygen atoms in total. The van der Waals surface area contributed by atoms with Crippen molar-refractivity contribution in [3.63, 3.8) is 0 Å². The van der Waals surface area contributed by atoms with Crippen LogP contribution in [0.2, 0.25) is 0 Å². The van der Waals surface area contributed by atoms with Crippen LogP contribution in [0.3, 0.4) is 0 Å². The molecule has 3 heterocycles. The zero-order valence-electron chi connectivity index (χ0n) is 23.2. The molecule has 0 unspecified atom stereocenters. The molecule has 0 radical (unpaired) electrons. The van der Waals surface area contributed by atoms with Gasteiger partial charge in [-0.05, 0) is 37.6 Å². The molecule has 0 N–H and O–H groups in total. The Morgan fingerprint density at radius 1 is 0.976 bits per heavy atom. The molecule has 2 aromatic heterocycles. The fourth-order valence-electron chi connectivity index (χ4n) is 4.95. The van der Waals surface area contributed by atoms with Gasteiger partial charge < -0.3 is 4.74 Å². The molecule has 3 aromatic carbocycles. The molecule has 42 heavy (non-hydrogen) atoms. The van der Waals surface area contributed by atoms with Crippen LogP contribution in [0.5, 0.6) is 0 Å². The summed E-state index contributed by atoms with van der Waals surface area (Å²) in [6.07, 6.45) is 7.57. The van der Waals surface area contributed by atoms with Gasteiger partial charge in [0.05, 0.1) is 39.8 Å². The second-order valence-electron chi connectivity index (χ2n) is 9.69. The van der Waals surface area contributed by atoms with E-state index < -0.39 is 12.0 Å². The summed E-state index contributed by atoms with van der Waals surface area (Å²) in [5.41, 5.74) is 5.02. The van der Waals surface area contributed by atoms with E-state index >= 15 is 0 Å². The summed E-state index contributed by atoms with van der Waals surface area (Å²) < 4.78 is 9.28. The zero-order valence-corrected chi connectivity index (χ0v) is 24.0. The Balaban J connectivity index is 1.52. The summed E-state index contributed by atoms with van der Waals surface area (Å²) in [5, 5.41) is 4.88. The van der Waals surface area contributed by atoms with Crippen molar-refractivity contribution in [1.29, 1.82) is 0 Å². The monoisotopic (exact) mass is 572 g/mol. The number of para-hydroxylation sites is 1. The number of allylic oxidation sites excluding steroid dienone is 2. The molecule has 1 aliphatic heterocycles. The summed E-state index contributed by atoms with van der Waals surface area (Å²) in [6, 6.07) is 28.8. The van der Waals surface area contributed by atoms with Crippen LogP contribution in [0.4, 0.5) is 0 Å².